The molecule has 1 saturated carbocycles. The Morgan fingerprint density at radius 1 is 1.40 bits per heavy atom. The Balaban J connectivity index is 1.93. The number of unbranched alkanes of at least 4 members (excludes halogenated alkanes) is 1. The Hall–Kier alpha value is -0.120. The highest BCUT2D eigenvalue weighted by molar-refractivity contribution is 4.86. The molecule has 3 nitrogen and oxygen atoms in total. The average Bonchev–Trinajstić information content (AvgIpc) is 2.18. The van der Waals surface area contributed by atoms with Gasteiger partial charge in [0.25, 0.3) is 0 Å². The zero-order chi connectivity index (χ0) is 11.1. The normalized spacial score (nSPS) is 27.4. The Morgan fingerprint density at radius 2 is 2.13 bits per heavy atom. The summed E-state index contributed by atoms with van der Waals surface area (Å²) in [6.07, 6.45) is 6.45. The van der Waals surface area contributed by atoms with Gasteiger partial charge in [0.05, 0.1) is 6.10 Å². The SMILES string of the molecule is CCCCC(N)CNC1CC(OCC)C1. The average molecular weight is 214 g/mol. The Morgan fingerprint density at radius 3 is 2.73 bits per heavy atom. The maximum Gasteiger partial charge on any atom is 0.0604 e. The molecule has 0 radical (unpaired) electrons. The number of hydrogen-bond acceptors (Lipinski definition) is 3. The lowest BCUT2D eigenvalue weighted by Gasteiger charge is -2.36. The van der Waals surface area contributed by atoms with Gasteiger partial charge in [-0.05, 0) is 26.2 Å². The Bertz CT molecular complexity index is 158. The van der Waals surface area contributed by atoms with Crippen molar-refractivity contribution in [3.05, 3.63) is 0 Å². The quantitative estimate of drug-likeness (QED) is 0.646. The van der Waals surface area contributed by atoms with Crippen molar-refractivity contribution in [1.82, 2.24) is 5.32 Å². The monoisotopic (exact) mass is 214 g/mol. The molecule has 0 amide bonds. The van der Waals surface area contributed by atoms with Crippen molar-refractivity contribution in [2.24, 2.45) is 5.73 Å². The van der Waals surface area contributed by atoms with Crippen LogP contribution in [0.3, 0.4) is 0 Å². The highest BCUT2D eigenvalue weighted by Crippen LogP contribution is 2.22. The van der Waals surface area contributed by atoms with Crippen molar-refractivity contribution in [2.75, 3.05) is 13.2 Å². The second-order valence-electron chi connectivity index (χ2n) is 4.56. The van der Waals surface area contributed by atoms with Gasteiger partial charge in [-0.3, -0.25) is 0 Å². The summed E-state index contributed by atoms with van der Waals surface area (Å²) in [6, 6.07) is 0.977. The molecule has 15 heavy (non-hydrogen) atoms. The lowest BCUT2D eigenvalue weighted by molar-refractivity contribution is -0.0100. The standard InChI is InChI=1S/C12H26N2O/c1-3-5-6-10(13)9-14-11-7-12(8-11)15-4-2/h10-12,14H,3-9,13H2,1-2H3. The van der Waals surface area contributed by atoms with Crippen LogP contribution in [0.4, 0.5) is 0 Å². The first kappa shape index (κ1) is 12.9. The smallest absolute Gasteiger partial charge is 0.0604 e. The molecule has 3 N–H and O–H groups in total. The zero-order valence-electron chi connectivity index (χ0n) is 10.2. The number of rotatable bonds is 8. The first-order valence-corrected chi connectivity index (χ1v) is 6.36. The third-order valence-corrected chi connectivity index (χ3v) is 3.09. The second kappa shape index (κ2) is 7.20. The van der Waals surface area contributed by atoms with Gasteiger partial charge in [-0.2, -0.15) is 0 Å². The molecular weight excluding hydrogens is 188 g/mol. The Labute approximate surface area is 93.8 Å². The van der Waals surface area contributed by atoms with E-state index in [0.717, 1.165) is 32.4 Å². The van der Waals surface area contributed by atoms with E-state index >= 15 is 0 Å². The van der Waals surface area contributed by atoms with Crippen molar-refractivity contribution in [2.45, 2.75) is 64.1 Å². The first-order chi connectivity index (χ1) is 7.26. The predicted molar refractivity (Wildman–Crippen MR) is 63.9 cm³/mol. The minimum absolute atomic E-state index is 0.330. The number of hydrogen-bond donors (Lipinski definition) is 2. The van der Waals surface area contributed by atoms with E-state index in [-0.39, 0.29) is 0 Å². The molecule has 0 aromatic rings. The Kier molecular flexibility index (Phi) is 6.22. The fourth-order valence-electron chi connectivity index (χ4n) is 1.99. The van der Waals surface area contributed by atoms with E-state index in [0.29, 0.717) is 18.2 Å². The van der Waals surface area contributed by atoms with Crippen LogP contribution in [0.15, 0.2) is 0 Å². The van der Waals surface area contributed by atoms with Crippen LogP contribution in [0.2, 0.25) is 0 Å². The summed E-state index contributed by atoms with van der Waals surface area (Å²) >= 11 is 0. The van der Waals surface area contributed by atoms with Gasteiger partial charge in [0.1, 0.15) is 0 Å². The van der Waals surface area contributed by atoms with Gasteiger partial charge >= 0.3 is 0 Å². The third-order valence-electron chi connectivity index (χ3n) is 3.09. The van der Waals surface area contributed by atoms with Crippen molar-refractivity contribution in [1.29, 1.82) is 0 Å². The molecule has 1 aliphatic carbocycles. The maximum absolute atomic E-state index is 5.99. The molecule has 0 aromatic carbocycles. The molecule has 0 spiro atoms. The molecule has 90 valence electrons. The van der Waals surface area contributed by atoms with E-state index in [9.17, 15) is 0 Å². The summed E-state index contributed by atoms with van der Waals surface area (Å²) < 4.78 is 5.51. The summed E-state index contributed by atoms with van der Waals surface area (Å²) in [5, 5.41) is 3.51. The minimum atomic E-state index is 0.330. The van der Waals surface area contributed by atoms with E-state index < -0.39 is 0 Å². The predicted octanol–water partition coefficient (Wildman–Crippen LogP) is 1.66. The highest BCUT2D eigenvalue weighted by atomic mass is 16.5. The zero-order valence-corrected chi connectivity index (χ0v) is 10.2. The molecule has 0 aliphatic heterocycles. The van der Waals surface area contributed by atoms with Crippen LogP contribution >= 0.6 is 0 Å². The molecule has 0 aromatic heterocycles. The van der Waals surface area contributed by atoms with Gasteiger partial charge in [-0.1, -0.05) is 19.8 Å². The van der Waals surface area contributed by atoms with E-state index in [1.807, 2.05) is 0 Å². The molecular formula is C12H26N2O. The van der Waals surface area contributed by atoms with E-state index in [4.69, 9.17) is 10.5 Å². The van der Waals surface area contributed by atoms with Crippen molar-refractivity contribution < 1.29 is 4.74 Å². The molecule has 0 heterocycles. The third kappa shape index (κ3) is 4.96. The lowest BCUT2D eigenvalue weighted by atomic mass is 9.89. The van der Waals surface area contributed by atoms with Gasteiger partial charge in [0, 0.05) is 25.2 Å². The van der Waals surface area contributed by atoms with E-state index in [1.54, 1.807) is 0 Å². The summed E-state index contributed by atoms with van der Waals surface area (Å²) in [5.74, 6) is 0. The minimum Gasteiger partial charge on any atom is -0.378 e. The molecule has 3 heteroatoms. The topological polar surface area (TPSA) is 47.3 Å². The van der Waals surface area contributed by atoms with Crippen LogP contribution in [-0.4, -0.2) is 31.3 Å². The van der Waals surface area contributed by atoms with Crippen LogP contribution in [0.25, 0.3) is 0 Å². The fraction of sp³-hybridized carbons (Fsp3) is 1.00. The van der Waals surface area contributed by atoms with Gasteiger partial charge in [-0.15, -0.1) is 0 Å². The molecule has 1 fully saturated rings. The van der Waals surface area contributed by atoms with Gasteiger partial charge in [0.15, 0.2) is 0 Å². The van der Waals surface area contributed by atoms with Crippen LogP contribution in [0, 0.1) is 0 Å². The second-order valence-corrected chi connectivity index (χ2v) is 4.56. The summed E-state index contributed by atoms with van der Waals surface area (Å²) in [5.41, 5.74) is 5.99. The fourth-order valence-corrected chi connectivity index (χ4v) is 1.99. The molecule has 1 rings (SSSR count). The largest absolute Gasteiger partial charge is 0.378 e. The molecule has 1 atom stereocenters. The summed E-state index contributed by atoms with van der Waals surface area (Å²) in [4.78, 5) is 0. The van der Waals surface area contributed by atoms with Crippen LogP contribution in [0.5, 0.6) is 0 Å². The summed E-state index contributed by atoms with van der Waals surface area (Å²) in [6.45, 7) is 6.07. The van der Waals surface area contributed by atoms with E-state index in [1.165, 1.54) is 12.8 Å². The van der Waals surface area contributed by atoms with Gasteiger partial charge < -0.3 is 15.8 Å². The lowest BCUT2D eigenvalue weighted by Crippen LogP contribution is -2.49. The maximum atomic E-state index is 5.99. The van der Waals surface area contributed by atoms with Crippen molar-refractivity contribution in [3.8, 4) is 0 Å². The number of nitrogens with one attached hydrogen (secondary N) is 1. The molecule has 0 saturated heterocycles. The van der Waals surface area contributed by atoms with Crippen molar-refractivity contribution in [3.63, 3.8) is 0 Å². The van der Waals surface area contributed by atoms with Crippen molar-refractivity contribution >= 4 is 0 Å². The van der Waals surface area contributed by atoms with Crippen LogP contribution in [-0.2, 0) is 4.74 Å². The van der Waals surface area contributed by atoms with Crippen LogP contribution < -0.4 is 11.1 Å². The van der Waals surface area contributed by atoms with Gasteiger partial charge in [0.2, 0.25) is 0 Å². The molecule has 0 bridgehead atoms. The highest BCUT2D eigenvalue weighted by Gasteiger charge is 2.28. The van der Waals surface area contributed by atoms with E-state index in [2.05, 4.69) is 19.2 Å². The van der Waals surface area contributed by atoms with Gasteiger partial charge in [-0.25, -0.2) is 0 Å². The van der Waals surface area contributed by atoms with Crippen LogP contribution in [0.1, 0.15) is 46.0 Å². The summed E-state index contributed by atoms with van der Waals surface area (Å²) in [7, 11) is 0. The number of ether oxygens (including phenoxy) is 1. The molecule has 1 unspecified atom stereocenters. The first-order valence-electron chi connectivity index (χ1n) is 6.36. The number of nitrogens with two attached hydrogens (primary N) is 1. The molecule has 1 aliphatic rings.